The van der Waals surface area contributed by atoms with Crippen LogP contribution >= 0.6 is 0 Å². The van der Waals surface area contributed by atoms with Gasteiger partial charge in [-0.25, -0.2) is 0 Å². The summed E-state index contributed by atoms with van der Waals surface area (Å²) in [6.45, 7) is 7.32. The number of aliphatic carboxylic acids is 1. The summed E-state index contributed by atoms with van der Waals surface area (Å²) in [5.74, 6) is -1.03. The second kappa shape index (κ2) is 8.29. The highest BCUT2D eigenvalue weighted by molar-refractivity contribution is 5.91. The molecule has 5 nitrogen and oxygen atoms in total. The third kappa shape index (κ3) is 5.85. The first-order valence-electron chi connectivity index (χ1n) is 7.32. The fourth-order valence-corrected chi connectivity index (χ4v) is 2.21. The number of carbonyl (C=O) groups is 2. The van der Waals surface area contributed by atoms with E-state index in [2.05, 4.69) is 31.0 Å². The summed E-state index contributed by atoms with van der Waals surface area (Å²) in [7, 11) is 0. The number of hydrogen-bond donors (Lipinski definition) is 2. The van der Waals surface area contributed by atoms with Gasteiger partial charge in [0.15, 0.2) is 0 Å². The number of hydrogen-bond acceptors (Lipinski definition) is 3. The second-order valence-electron chi connectivity index (χ2n) is 5.22. The number of nitrogens with zero attached hydrogens (tertiary/aromatic N) is 1. The van der Waals surface area contributed by atoms with Gasteiger partial charge in [-0.3, -0.25) is 9.59 Å². The molecule has 2 N–H and O–H groups in total. The van der Waals surface area contributed by atoms with Gasteiger partial charge in [-0.1, -0.05) is 0 Å². The summed E-state index contributed by atoms with van der Waals surface area (Å²) < 4.78 is 0. The predicted octanol–water partition coefficient (Wildman–Crippen LogP) is 3.11. The van der Waals surface area contributed by atoms with Crippen LogP contribution in [0, 0.1) is 0 Å². The Balaban J connectivity index is 2.54. The van der Waals surface area contributed by atoms with E-state index in [9.17, 15) is 9.59 Å². The van der Waals surface area contributed by atoms with Gasteiger partial charge in [0.05, 0.1) is 0 Å². The van der Waals surface area contributed by atoms with Crippen LogP contribution in [0.1, 0.15) is 40.0 Å². The van der Waals surface area contributed by atoms with Gasteiger partial charge >= 0.3 is 5.97 Å². The van der Waals surface area contributed by atoms with Crippen molar-refractivity contribution in [2.75, 3.05) is 16.8 Å². The molecule has 0 radical (unpaired) electrons. The van der Waals surface area contributed by atoms with Crippen LogP contribution in [0.25, 0.3) is 0 Å². The standard InChI is InChI=1S/C16H24N2O3/c1-4-18(12(2)3)14-10-8-13(9-11-14)17-15(19)6-5-7-16(20)21/h8-12H,4-7H2,1-3H3,(H,17,19)(H,20,21). The maximum Gasteiger partial charge on any atom is 0.303 e. The number of carbonyl (C=O) groups excluding carboxylic acids is 1. The molecule has 21 heavy (non-hydrogen) atoms. The van der Waals surface area contributed by atoms with E-state index in [1.807, 2.05) is 24.3 Å². The van der Waals surface area contributed by atoms with Gasteiger partial charge in [0, 0.05) is 36.8 Å². The molecule has 0 atom stereocenters. The van der Waals surface area contributed by atoms with Crippen LogP contribution in [0.15, 0.2) is 24.3 Å². The summed E-state index contributed by atoms with van der Waals surface area (Å²) in [4.78, 5) is 24.3. The molecule has 0 aliphatic heterocycles. The normalized spacial score (nSPS) is 10.5. The van der Waals surface area contributed by atoms with Crippen molar-refractivity contribution in [2.24, 2.45) is 0 Å². The molecular formula is C16H24N2O3. The average molecular weight is 292 g/mol. The highest BCUT2D eigenvalue weighted by Crippen LogP contribution is 2.20. The highest BCUT2D eigenvalue weighted by Gasteiger charge is 2.09. The van der Waals surface area contributed by atoms with E-state index in [1.54, 1.807) is 0 Å². The van der Waals surface area contributed by atoms with E-state index < -0.39 is 5.97 Å². The molecule has 5 heteroatoms. The molecule has 0 spiro atoms. The van der Waals surface area contributed by atoms with Crippen molar-refractivity contribution in [3.63, 3.8) is 0 Å². The summed E-state index contributed by atoms with van der Waals surface area (Å²) in [5, 5.41) is 11.3. The Kier molecular flexibility index (Phi) is 6.72. The zero-order valence-corrected chi connectivity index (χ0v) is 12.9. The lowest BCUT2D eigenvalue weighted by Gasteiger charge is -2.27. The fourth-order valence-electron chi connectivity index (χ4n) is 2.21. The summed E-state index contributed by atoms with van der Waals surface area (Å²) >= 11 is 0. The number of amides is 1. The van der Waals surface area contributed by atoms with Crippen molar-refractivity contribution >= 4 is 23.3 Å². The van der Waals surface area contributed by atoms with Gasteiger partial charge in [0.1, 0.15) is 0 Å². The van der Waals surface area contributed by atoms with Gasteiger partial charge in [-0.15, -0.1) is 0 Å². The number of nitrogens with one attached hydrogen (secondary N) is 1. The monoisotopic (exact) mass is 292 g/mol. The Morgan fingerprint density at radius 2 is 1.81 bits per heavy atom. The van der Waals surface area contributed by atoms with Crippen LogP contribution in [0.3, 0.4) is 0 Å². The summed E-state index contributed by atoms with van der Waals surface area (Å²) in [6.07, 6.45) is 0.601. The molecule has 116 valence electrons. The number of rotatable bonds is 8. The van der Waals surface area contributed by atoms with E-state index in [-0.39, 0.29) is 18.7 Å². The minimum atomic E-state index is -0.875. The molecule has 0 unspecified atom stereocenters. The van der Waals surface area contributed by atoms with Crippen LogP contribution in [0.2, 0.25) is 0 Å². The van der Waals surface area contributed by atoms with Crippen LogP contribution in [0.4, 0.5) is 11.4 Å². The molecule has 0 aromatic heterocycles. The van der Waals surface area contributed by atoms with Crippen LogP contribution in [0.5, 0.6) is 0 Å². The number of carboxylic acids is 1. The van der Waals surface area contributed by atoms with Gasteiger partial charge < -0.3 is 15.3 Å². The molecule has 0 fully saturated rings. The Labute approximate surface area is 126 Å². The number of anilines is 2. The van der Waals surface area contributed by atoms with Crippen molar-refractivity contribution in [1.29, 1.82) is 0 Å². The lowest BCUT2D eigenvalue weighted by Crippen LogP contribution is -2.30. The van der Waals surface area contributed by atoms with E-state index >= 15 is 0 Å². The molecule has 0 heterocycles. The second-order valence-corrected chi connectivity index (χ2v) is 5.22. The number of carboxylic acid groups (broad SMARTS) is 1. The Morgan fingerprint density at radius 1 is 1.19 bits per heavy atom. The minimum absolute atomic E-state index is 0.0200. The van der Waals surface area contributed by atoms with Crippen LogP contribution in [-0.2, 0) is 9.59 Å². The van der Waals surface area contributed by atoms with E-state index in [0.29, 0.717) is 12.5 Å². The van der Waals surface area contributed by atoms with Gasteiger partial charge in [0.2, 0.25) is 5.91 Å². The SMILES string of the molecule is CCN(c1ccc(NC(=O)CCCC(=O)O)cc1)C(C)C. The van der Waals surface area contributed by atoms with Crippen molar-refractivity contribution in [3.8, 4) is 0 Å². The van der Waals surface area contributed by atoms with E-state index in [4.69, 9.17) is 5.11 Å². The largest absolute Gasteiger partial charge is 0.481 e. The minimum Gasteiger partial charge on any atom is -0.481 e. The molecular weight excluding hydrogens is 268 g/mol. The lowest BCUT2D eigenvalue weighted by molar-refractivity contribution is -0.137. The topological polar surface area (TPSA) is 69.6 Å². The maximum atomic E-state index is 11.7. The van der Waals surface area contributed by atoms with Crippen LogP contribution < -0.4 is 10.2 Å². The zero-order chi connectivity index (χ0) is 15.8. The Hall–Kier alpha value is -2.04. The first-order valence-corrected chi connectivity index (χ1v) is 7.32. The van der Waals surface area contributed by atoms with Gasteiger partial charge in [-0.05, 0) is 51.5 Å². The van der Waals surface area contributed by atoms with Crippen molar-refractivity contribution in [3.05, 3.63) is 24.3 Å². The Bertz CT molecular complexity index is 469. The smallest absolute Gasteiger partial charge is 0.303 e. The molecule has 0 saturated carbocycles. The summed E-state index contributed by atoms with van der Waals surface area (Å²) in [5.41, 5.74) is 1.86. The molecule has 0 bridgehead atoms. The highest BCUT2D eigenvalue weighted by atomic mass is 16.4. The average Bonchev–Trinajstić information content (AvgIpc) is 2.40. The first-order chi connectivity index (χ1) is 9.93. The lowest BCUT2D eigenvalue weighted by atomic mass is 10.2. The molecule has 1 amide bonds. The van der Waals surface area contributed by atoms with E-state index in [0.717, 1.165) is 17.9 Å². The molecule has 1 aromatic rings. The molecule has 0 aliphatic rings. The fraction of sp³-hybridized carbons (Fsp3) is 0.500. The predicted molar refractivity (Wildman–Crippen MR) is 84.7 cm³/mol. The molecule has 1 aromatic carbocycles. The van der Waals surface area contributed by atoms with Gasteiger partial charge in [-0.2, -0.15) is 0 Å². The molecule has 0 aliphatic carbocycles. The van der Waals surface area contributed by atoms with Crippen molar-refractivity contribution in [1.82, 2.24) is 0 Å². The first kappa shape index (κ1) is 17.0. The zero-order valence-electron chi connectivity index (χ0n) is 12.9. The summed E-state index contributed by atoms with van der Waals surface area (Å²) in [6, 6.07) is 8.13. The maximum absolute atomic E-state index is 11.7. The quantitative estimate of drug-likeness (QED) is 0.772. The van der Waals surface area contributed by atoms with E-state index in [1.165, 1.54) is 0 Å². The third-order valence-corrected chi connectivity index (χ3v) is 3.24. The molecule has 0 saturated heterocycles. The van der Waals surface area contributed by atoms with Crippen LogP contribution in [-0.4, -0.2) is 29.6 Å². The molecule has 1 rings (SSSR count). The van der Waals surface area contributed by atoms with Gasteiger partial charge in [0.25, 0.3) is 0 Å². The van der Waals surface area contributed by atoms with Crippen molar-refractivity contribution < 1.29 is 14.7 Å². The van der Waals surface area contributed by atoms with Crippen molar-refractivity contribution in [2.45, 2.75) is 46.1 Å². The third-order valence-electron chi connectivity index (χ3n) is 3.24. The number of benzene rings is 1. The Morgan fingerprint density at radius 3 is 2.29 bits per heavy atom.